The highest BCUT2D eigenvalue weighted by molar-refractivity contribution is 5.94. The number of hydrogen-bond donors (Lipinski definition) is 0. The third-order valence-corrected chi connectivity index (χ3v) is 3.02. The van der Waals surface area contributed by atoms with Crippen molar-refractivity contribution in [1.82, 2.24) is 0 Å². The lowest BCUT2D eigenvalue weighted by Crippen LogP contribution is -2.09. The van der Waals surface area contributed by atoms with Gasteiger partial charge in [-0.25, -0.2) is 0 Å². The molecule has 94 valence electrons. The lowest BCUT2D eigenvalue weighted by Gasteiger charge is -2.19. The van der Waals surface area contributed by atoms with E-state index in [2.05, 4.69) is 6.07 Å². The summed E-state index contributed by atoms with van der Waals surface area (Å²) in [5, 5.41) is 8.91. The van der Waals surface area contributed by atoms with Crippen molar-refractivity contribution in [2.24, 2.45) is 0 Å². The van der Waals surface area contributed by atoms with E-state index in [0.29, 0.717) is 11.1 Å². The van der Waals surface area contributed by atoms with Crippen LogP contribution in [0.15, 0.2) is 48.5 Å². The Bertz CT molecular complexity index is 639. The van der Waals surface area contributed by atoms with E-state index in [1.54, 1.807) is 13.0 Å². The van der Waals surface area contributed by atoms with E-state index in [0.717, 1.165) is 11.4 Å². The summed E-state index contributed by atoms with van der Waals surface area (Å²) < 4.78 is 0. The zero-order valence-electron chi connectivity index (χ0n) is 10.9. The summed E-state index contributed by atoms with van der Waals surface area (Å²) in [5.74, 6) is 0.0562. The van der Waals surface area contributed by atoms with Crippen LogP contribution >= 0.6 is 0 Å². The first-order valence-corrected chi connectivity index (χ1v) is 5.96. The Morgan fingerprint density at radius 1 is 1.11 bits per heavy atom. The van der Waals surface area contributed by atoms with E-state index in [1.807, 2.05) is 54.4 Å². The Morgan fingerprint density at radius 3 is 2.37 bits per heavy atom. The van der Waals surface area contributed by atoms with E-state index in [-0.39, 0.29) is 5.78 Å². The molecule has 0 N–H and O–H groups in total. The van der Waals surface area contributed by atoms with Gasteiger partial charge in [0.2, 0.25) is 0 Å². The van der Waals surface area contributed by atoms with Gasteiger partial charge in [-0.15, -0.1) is 0 Å². The molecule has 0 saturated heterocycles. The van der Waals surface area contributed by atoms with Crippen molar-refractivity contribution in [3.63, 3.8) is 0 Å². The summed E-state index contributed by atoms with van der Waals surface area (Å²) in [4.78, 5) is 13.2. The van der Waals surface area contributed by atoms with Crippen LogP contribution in [-0.2, 0) is 0 Å². The van der Waals surface area contributed by atoms with Crippen LogP contribution in [0.3, 0.4) is 0 Å². The fraction of sp³-hybridized carbons (Fsp3) is 0.125. The predicted molar refractivity (Wildman–Crippen MR) is 75.7 cm³/mol. The second kappa shape index (κ2) is 5.36. The van der Waals surface area contributed by atoms with Crippen LogP contribution in [-0.4, -0.2) is 12.8 Å². The second-order valence-corrected chi connectivity index (χ2v) is 4.32. The number of hydrogen-bond acceptors (Lipinski definition) is 3. The van der Waals surface area contributed by atoms with Crippen LogP contribution in [0, 0.1) is 11.3 Å². The molecule has 0 aliphatic rings. The Morgan fingerprint density at radius 2 is 1.79 bits per heavy atom. The average molecular weight is 250 g/mol. The van der Waals surface area contributed by atoms with Crippen molar-refractivity contribution in [3.05, 3.63) is 59.7 Å². The minimum Gasteiger partial charge on any atom is -0.345 e. The number of nitrogens with zero attached hydrogens (tertiary/aromatic N) is 2. The molecular weight excluding hydrogens is 236 g/mol. The highest BCUT2D eigenvalue weighted by Gasteiger charge is 2.05. The van der Waals surface area contributed by atoms with Gasteiger partial charge >= 0.3 is 0 Å². The van der Waals surface area contributed by atoms with E-state index in [9.17, 15) is 4.79 Å². The van der Waals surface area contributed by atoms with E-state index in [4.69, 9.17) is 5.26 Å². The van der Waals surface area contributed by atoms with Gasteiger partial charge in [-0.2, -0.15) is 5.26 Å². The van der Waals surface area contributed by atoms with Gasteiger partial charge in [0.25, 0.3) is 0 Å². The highest BCUT2D eigenvalue weighted by atomic mass is 16.1. The average Bonchev–Trinajstić information content (AvgIpc) is 2.46. The van der Waals surface area contributed by atoms with Gasteiger partial charge in [0.1, 0.15) is 0 Å². The van der Waals surface area contributed by atoms with Crippen molar-refractivity contribution >= 4 is 17.2 Å². The van der Waals surface area contributed by atoms with Gasteiger partial charge < -0.3 is 4.90 Å². The Balaban J connectivity index is 2.30. The van der Waals surface area contributed by atoms with Crippen molar-refractivity contribution in [1.29, 1.82) is 5.26 Å². The van der Waals surface area contributed by atoms with Crippen LogP contribution in [0.1, 0.15) is 22.8 Å². The summed E-state index contributed by atoms with van der Waals surface area (Å²) >= 11 is 0. The molecule has 0 radical (unpaired) electrons. The number of Topliss-reactive ketones (excluding diaryl/α,β-unsaturated/α-hetero) is 1. The second-order valence-electron chi connectivity index (χ2n) is 4.32. The first-order chi connectivity index (χ1) is 9.11. The Hall–Kier alpha value is -2.60. The smallest absolute Gasteiger partial charge is 0.159 e. The van der Waals surface area contributed by atoms with Gasteiger partial charge in [-0.1, -0.05) is 6.07 Å². The van der Waals surface area contributed by atoms with Crippen molar-refractivity contribution < 1.29 is 4.79 Å². The lowest BCUT2D eigenvalue weighted by molar-refractivity contribution is 0.101. The Labute approximate surface area is 112 Å². The molecule has 0 atom stereocenters. The van der Waals surface area contributed by atoms with Gasteiger partial charge in [0.05, 0.1) is 11.6 Å². The van der Waals surface area contributed by atoms with Gasteiger partial charge in [0, 0.05) is 24.0 Å². The number of anilines is 2. The number of rotatable bonds is 3. The molecule has 0 fully saturated rings. The van der Waals surface area contributed by atoms with Crippen molar-refractivity contribution in [3.8, 4) is 6.07 Å². The minimum absolute atomic E-state index is 0.0562. The molecule has 0 heterocycles. The summed E-state index contributed by atoms with van der Waals surface area (Å²) in [5.41, 5.74) is 3.24. The summed E-state index contributed by atoms with van der Waals surface area (Å²) in [6.07, 6.45) is 0. The van der Waals surface area contributed by atoms with E-state index in [1.165, 1.54) is 0 Å². The first-order valence-electron chi connectivity index (χ1n) is 5.96. The topological polar surface area (TPSA) is 44.1 Å². The number of benzene rings is 2. The third-order valence-electron chi connectivity index (χ3n) is 3.02. The van der Waals surface area contributed by atoms with Crippen LogP contribution in [0.2, 0.25) is 0 Å². The molecule has 2 rings (SSSR count). The zero-order chi connectivity index (χ0) is 13.8. The molecule has 3 heteroatoms. The quantitative estimate of drug-likeness (QED) is 0.783. The molecule has 0 spiro atoms. The summed E-state index contributed by atoms with van der Waals surface area (Å²) in [7, 11) is 1.93. The molecule has 0 saturated carbocycles. The molecule has 0 bridgehead atoms. The standard InChI is InChI=1S/C16H14N2O/c1-12(19)14-6-8-15(9-7-14)18(2)16-5-3-4-13(10-16)11-17/h3-10H,1-2H3. The van der Waals surface area contributed by atoms with Gasteiger partial charge in [-0.3, -0.25) is 4.79 Å². The number of nitriles is 1. The predicted octanol–water partition coefficient (Wildman–Crippen LogP) is 3.53. The van der Waals surface area contributed by atoms with Crippen LogP contribution < -0.4 is 4.90 Å². The van der Waals surface area contributed by atoms with Crippen molar-refractivity contribution in [2.75, 3.05) is 11.9 Å². The number of carbonyl (C=O) groups is 1. The molecule has 0 unspecified atom stereocenters. The molecule has 0 aliphatic heterocycles. The van der Waals surface area contributed by atoms with Crippen molar-refractivity contribution in [2.45, 2.75) is 6.92 Å². The molecule has 0 aliphatic carbocycles. The summed E-state index contributed by atoms with van der Waals surface area (Å²) in [6.45, 7) is 1.55. The minimum atomic E-state index is 0.0562. The largest absolute Gasteiger partial charge is 0.345 e. The normalized spacial score (nSPS) is 9.74. The van der Waals surface area contributed by atoms with Crippen LogP contribution in [0.25, 0.3) is 0 Å². The molecular formula is C16H14N2O. The van der Waals surface area contributed by atoms with E-state index < -0.39 is 0 Å². The van der Waals surface area contributed by atoms with E-state index >= 15 is 0 Å². The van der Waals surface area contributed by atoms with Gasteiger partial charge in [0.15, 0.2) is 5.78 Å². The molecule has 19 heavy (non-hydrogen) atoms. The third kappa shape index (κ3) is 2.80. The van der Waals surface area contributed by atoms with Crippen LogP contribution in [0.5, 0.6) is 0 Å². The maximum Gasteiger partial charge on any atom is 0.159 e. The highest BCUT2D eigenvalue weighted by Crippen LogP contribution is 2.24. The first kappa shape index (κ1) is 12.8. The fourth-order valence-electron chi connectivity index (χ4n) is 1.85. The molecule has 2 aromatic rings. The summed E-state index contributed by atoms with van der Waals surface area (Å²) in [6, 6.07) is 16.9. The molecule has 0 amide bonds. The van der Waals surface area contributed by atoms with Crippen LogP contribution in [0.4, 0.5) is 11.4 Å². The monoisotopic (exact) mass is 250 g/mol. The lowest BCUT2D eigenvalue weighted by atomic mass is 10.1. The van der Waals surface area contributed by atoms with Gasteiger partial charge in [-0.05, 0) is 49.4 Å². The maximum atomic E-state index is 11.2. The number of carbonyl (C=O) groups excluding carboxylic acids is 1. The maximum absolute atomic E-state index is 11.2. The zero-order valence-corrected chi connectivity index (χ0v) is 10.9. The molecule has 0 aromatic heterocycles. The molecule has 2 aromatic carbocycles. The SMILES string of the molecule is CC(=O)c1ccc(N(C)c2cccc(C#N)c2)cc1. The molecule has 3 nitrogen and oxygen atoms in total. The number of ketones is 1. The fourth-order valence-corrected chi connectivity index (χ4v) is 1.85. The Kier molecular flexibility index (Phi) is 3.63.